The smallest absolute Gasteiger partial charge is 0.00877 e. The maximum atomic E-state index is 2.41. The zero-order valence-corrected chi connectivity index (χ0v) is 10.2. The zero-order chi connectivity index (χ0) is 10.4. The van der Waals surface area contributed by atoms with Crippen LogP contribution >= 0.6 is 0 Å². The van der Waals surface area contributed by atoms with Crippen LogP contribution in [0.2, 0.25) is 0 Å². The molecule has 0 atom stereocenters. The number of hydrogen-bond donors (Lipinski definition) is 0. The molecule has 0 unspecified atom stereocenters. The molecule has 2 aliphatic carbocycles. The second-order valence-corrected chi connectivity index (χ2v) is 6.12. The second-order valence-electron chi connectivity index (χ2n) is 6.12. The van der Waals surface area contributed by atoms with Gasteiger partial charge in [-0.15, -0.1) is 0 Å². The van der Waals surface area contributed by atoms with Gasteiger partial charge in [-0.05, 0) is 50.4 Å². The predicted molar refractivity (Wildman–Crippen MR) is 62.3 cm³/mol. The van der Waals surface area contributed by atoms with Gasteiger partial charge in [-0.2, -0.15) is 0 Å². The maximum Gasteiger partial charge on any atom is -0.00877 e. The fourth-order valence-corrected chi connectivity index (χ4v) is 3.51. The van der Waals surface area contributed by atoms with Gasteiger partial charge in [0.25, 0.3) is 0 Å². The lowest BCUT2D eigenvalue weighted by Crippen LogP contribution is -2.31. The minimum atomic E-state index is 0.470. The summed E-state index contributed by atoms with van der Waals surface area (Å²) in [5.74, 6) is 0. The van der Waals surface area contributed by atoms with Crippen LogP contribution in [0.25, 0.3) is 0 Å². The Bertz CT molecular complexity index is 262. The van der Waals surface area contributed by atoms with Gasteiger partial charge < -0.3 is 0 Å². The molecule has 0 bridgehead atoms. The molecule has 0 aromatic heterocycles. The van der Waals surface area contributed by atoms with Gasteiger partial charge in [-0.1, -0.05) is 37.8 Å². The van der Waals surface area contributed by atoms with Gasteiger partial charge in [0.15, 0.2) is 0 Å². The van der Waals surface area contributed by atoms with Crippen LogP contribution in [0.15, 0.2) is 11.1 Å². The van der Waals surface area contributed by atoms with E-state index in [0.29, 0.717) is 10.8 Å². The lowest BCUT2D eigenvalue weighted by Gasteiger charge is -2.43. The summed E-state index contributed by atoms with van der Waals surface area (Å²) < 4.78 is 0. The lowest BCUT2D eigenvalue weighted by atomic mass is 9.61. The average molecular weight is 192 g/mol. The third kappa shape index (κ3) is 1.34. The molecule has 1 saturated carbocycles. The van der Waals surface area contributed by atoms with Crippen molar-refractivity contribution in [2.24, 2.45) is 10.8 Å². The number of rotatable bonds is 0. The Morgan fingerprint density at radius 3 is 1.93 bits per heavy atom. The summed E-state index contributed by atoms with van der Waals surface area (Å²) in [5, 5.41) is 0. The van der Waals surface area contributed by atoms with Crippen molar-refractivity contribution >= 4 is 0 Å². The molecular formula is C14H24. The summed E-state index contributed by atoms with van der Waals surface area (Å²) in [5.41, 5.74) is 4.54. The van der Waals surface area contributed by atoms with E-state index in [-0.39, 0.29) is 0 Å². The molecule has 0 nitrogen and oxygen atoms in total. The largest absolute Gasteiger partial charge is 0.0682 e. The molecule has 0 saturated heterocycles. The van der Waals surface area contributed by atoms with E-state index in [0.717, 1.165) is 0 Å². The Morgan fingerprint density at radius 2 is 1.36 bits per heavy atom. The van der Waals surface area contributed by atoms with Crippen molar-refractivity contribution < 1.29 is 0 Å². The number of allylic oxidation sites excluding steroid dienone is 2. The molecule has 80 valence electrons. The van der Waals surface area contributed by atoms with Crippen molar-refractivity contribution in [3.63, 3.8) is 0 Å². The van der Waals surface area contributed by atoms with Gasteiger partial charge in [0, 0.05) is 0 Å². The molecule has 2 rings (SSSR count). The molecule has 0 amide bonds. The fourth-order valence-electron chi connectivity index (χ4n) is 3.51. The Balaban J connectivity index is 2.37. The average Bonchev–Trinajstić information content (AvgIpc) is 2.60. The maximum absolute atomic E-state index is 2.41. The third-order valence-electron chi connectivity index (χ3n) is 5.16. The van der Waals surface area contributed by atoms with Crippen molar-refractivity contribution in [1.29, 1.82) is 0 Å². The minimum absolute atomic E-state index is 0.470. The van der Waals surface area contributed by atoms with Crippen molar-refractivity contribution in [2.45, 2.75) is 66.2 Å². The van der Waals surface area contributed by atoms with E-state index >= 15 is 0 Å². The summed E-state index contributed by atoms with van der Waals surface area (Å²) in [4.78, 5) is 0. The van der Waals surface area contributed by atoms with Crippen LogP contribution in [0, 0.1) is 10.8 Å². The highest BCUT2D eigenvalue weighted by Crippen LogP contribution is 2.55. The molecular weight excluding hydrogens is 168 g/mol. The van der Waals surface area contributed by atoms with Gasteiger partial charge in [0.05, 0.1) is 0 Å². The van der Waals surface area contributed by atoms with Gasteiger partial charge >= 0.3 is 0 Å². The molecule has 0 aromatic carbocycles. The molecule has 0 aliphatic heterocycles. The van der Waals surface area contributed by atoms with Gasteiger partial charge in [-0.25, -0.2) is 0 Å². The van der Waals surface area contributed by atoms with Gasteiger partial charge in [0.1, 0.15) is 0 Å². The Morgan fingerprint density at radius 1 is 0.786 bits per heavy atom. The second kappa shape index (κ2) is 3.12. The zero-order valence-electron chi connectivity index (χ0n) is 10.2. The quantitative estimate of drug-likeness (QED) is 0.488. The normalized spacial score (nSPS) is 30.0. The van der Waals surface area contributed by atoms with Crippen molar-refractivity contribution in [3.05, 3.63) is 11.1 Å². The first-order chi connectivity index (χ1) is 6.48. The molecule has 1 fully saturated rings. The predicted octanol–water partition coefficient (Wildman–Crippen LogP) is 4.70. The monoisotopic (exact) mass is 192 g/mol. The van der Waals surface area contributed by atoms with Crippen molar-refractivity contribution in [2.75, 3.05) is 0 Å². The Kier molecular flexibility index (Phi) is 2.28. The highest BCUT2D eigenvalue weighted by Gasteiger charge is 2.42. The summed E-state index contributed by atoms with van der Waals surface area (Å²) >= 11 is 0. The summed E-state index contributed by atoms with van der Waals surface area (Å²) in [6, 6.07) is 0. The molecule has 0 N–H and O–H groups in total. The van der Waals surface area contributed by atoms with E-state index in [2.05, 4.69) is 27.7 Å². The number of hydrogen-bond acceptors (Lipinski definition) is 0. The lowest BCUT2D eigenvalue weighted by molar-refractivity contribution is 0.229. The molecule has 0 heterocycles. The topological polar surface area (TPSA) is 0 Å². The molecule has 0 heteroatoms. The summed E-state index contributed by atoms with van der Waals surface area (Å²) in [7, 11) is 0. The first-order valence-electron chi connectivity index (χ1n) is 6.16. The van der Waals surface area contributed by atoms with Crippen LogP contribution in [0.5, 0.6) is 0 Å². The van der Waals surface area contributed by atoms with Gasteiger partial charge in [0.2, 0.25) is 0 Å². The Hall–Kier alpha value is -0.260. The van der Waals surface area contributed by atoms with E-state index in [4.69, 9.17) is 0 Å². The molecule has 2 aliphatic rings. The van der Waals surface area contributed by atoms with Crippen LogP contribution in [-0.4, -0.2) is 0 Å². The fraction of sp³-hybridized carbons (Fsp3) is 0.857. The highest BCUT2D eigenvalue weighted by atomic mass is 14.5. The molecule has 1 spiro atoms. The van der Waals surface area contributed by atoms with Crippen LogP contribution in [0.4, 0.5) is 0 Å². The first kappa shape index (κ1) is 10.3. The first-order valence-corrected chi connectivity index (χ1v) is 6.16. The van der Waals surface area contributed by atoms with Crippen molar-refractivity contribution in [1.82, 2.24) is 0 Å². The SMILES string of the molecule is CC1=C(C)C2(CCCC2)CCC1(C)C. The summed E-state index contributed by atoms with van der Waals surface area (Å²) in [6.07, 6.45) is 8.70. The standard InChI is InChI=1S/C14H24/c1-11-12(2)14(7-5-6-8-14)10-9-13(11,3)4/h5-10H2,1-4H3. The van der Waals surface area contributed by atoms with E-state index in [9.17, 15) is 0 Å². The van der Waals surface area contributed by atoms with Gasteiger partial charge in [-0.3, -0.25) is 0 Å². The third-order valence-corrected chi connectivity index (χ3v) is 5.16. The van der Waals surface area contributed by atoms with E-state index in [1.54, 1.807) is 11.1 Å². The highest BCUT2D eigenvalue weighted by molar-refractivity contribution is 5.28. The molecule has 0 radical (unpaired) electrons. The Labute approximate surface area is 88.8 Å². The molecule has 0 aromatic rings. The van der Waals surface area contributed by atoms with Crippen LogP contribution in [-0.2, 0) is 0 Å². The van der Waals surface area contributed by atoms with E-state index < -0.39 is 0 Å². The van der Waals surface area contributed by atoms with E-state index in [1.165, 1.54) is 38.5 Å². The van der Waals surface area contributed by atoms with Crippen LogP contribution < -0.4 is 0 Å². The summed E-state index contributed by atoms with van der Waals surface area (Å²) in [6.45, 7) is 9.59. The van der Waals surface area contributed by atoms with Crippen LogP contribution in [0.3, 0.4) is 0 Å². The van der Waals surface area contributed by atoms with Crippen molar-refractivity contribution in [3.8, 4) is 0 Å². The minimum Gasteiger partial charge on any atom is -0.0682 e. The van der Waals surface area contributed by atoms with E-state index in [1.807, 2.05) is 0 Å². The van der Waals surface area contributed by atoms with Crippen LogP contribution in [0.1, 0.15) is 66.2 Å². The molecule has 14 heavy (non-hydrogen) atoms.